The lowest BCUT2D eigenvalue weighted by atomic mass is 10.4. The summed E-state index contributed by atoms with van der Waals surface area (Å²) in [5.41, 5.74) is 5.52. The van der Waals surface area contributed by atoms with Crippen LogP contribution in [0.15, 0.2) is 0 Å². The zero-order valence-corrected chi connectivity index (χ0v) is 9.85. The van der Waals surface area contributed by atoms with Gasteiger partial charge in [-0.3, -0.25) is 4.21 Å². The zero-order valence-electron chi connectivity index (χ0n) is 9.03. The molecule has 0 rings (SSSR count). The Morgan fingerprint density at radius 2 is 2.07 bits per heavy atom. The summed E-state index contributed by atoms with van der Waals surface area (Å²) in [6, 6.07) is 0.0187. The van der Waals surface area contributed by atoms with E-state index >= 15 is 0 Å². The van der Waals surface area contributed by atoms with Gasteiger partial charge in [-0.05, 0) is 13.3 Å². The molecule has 0 spiro atoms. The highest BCUT2D eigenvalue weighted by molar-refractivity contribution is 7.85. The molecule has 0 aromatic heterocycles. The van der Waals surface area contributed by atoms with Gasteiger partial charge in [0, 0.05) is 42.1 Å². The fraction of sp³-hybridized carbons (Fsp3) is 1.00. The van der Waals surface area contributed by atoms with E-state index < -0.39 is 10.8 Å². The van der Waals surface area contributed by atoms with Crippen molar-refractivity contribution in [3.05, 3.63) is 0 Å². The van der Waals surface area contributed by atoms with E-state index in [0.717, 1.165) is 6.42 Å². The Bertz CT molecular complexity index is 153. The minimum absolute atomic E-state index is 0.0187. The lowest BCUT2D eigenvalue weighted by Crippen LogP contribution is -2.24. The van der Waals surface area contributed by atoms with Crippen molar-refractivity contribution >= 4 is 10.8 Å². The number of rotatable bonds is 9. The molecule has 0 aliphatic rings. The second-order valence-corrected chi connectivity index (χ2v) is 4.87. The number of nitrogens with two attached hydrogens (primary N) is 1. The van der Waals surface area contributed by atoms with Crippen LogP contribution < -0.4 is 5.73 Å². The first-order valence-corrected chi connectivity index (χ1v) is 6.33. The smallest absolute Gasteiger partial charge is 0.0700 e. The Balaban J connectivity index is 3.15. The Morgan fingerprint density at radius 3 is 2.64 bits per heavy atom. The first-order valence-electron chi connectivity index (χ1n) is 4.84. The molecule has 0 aromatic rings. The maximum atomic E-state index is 11.3. The van der Waals surface area contributed by atoms with E-state index in [1.54, 1.807) is 7.11 Å². The summed E-state index contributed by atoms with van der Waals surface area (Å²) >= 11 is 0. The third-order valence-electron chi connectivity index (χ3n) is 1.54. The van der Waals surface area contributed by atoms with E-state index in [2.05, 4.69) is 0 Å². The van der Waals surface area contributed by atoms with E-state index in [9.17, 15) is 4.21 Å². The zero-order chi connectivity index (χ0) is 10.8. The van der Waals surface area contributed by atoms with Gasteiger partial charge in [0.15, 0.2) is 0 Å². The number of hydrogen-bond donors (Lipinski definition) is 1. The van der Waals surface area contributed by atoms with Gasteiger partial charge in [0.2, 0.25) is 0 Å². The Morgan fingerprint density at radius 1 is 1.36 bits per heavy atom. The summed E-state index contributed by atoms with van der Waals surface area (Å²) in [4.78, 5) is 0. The molecular weight excluding hydrogens is 202 g/mol. The number of hydrogen-bond acceptors (Lipinski definition) is 4. The standard InChI is InChI=1S/C9H21NO3S/c1-9(10)8-14(11)7-3-4-13-6-5-12-2/h9H,3-8,10H2,1-2H3. The van der Waals surface area contributed by atoms with Gasteiger partial charge in [-0.15, -0.1) is 0 Å². The monoisotopic (exact) mass is 223 g/mol. The first-order chi connectivity index (χ1) is 6.66. The van der Waals surface area contributed by atoms with Crippen molar-refractivity contribution in [3.8, 4) is 0 Å². The van der Waals surface area contributed by atoms with Crippen LogP contribution >= 0.6 is 0 Å². The van der Waals surface area contributed by atoms with Crippen molar-refractivity contribution < 1.29 is 13.7 Å². The average Bonchev–Trinajstić information content (AvgIpc) is 2.10. The third-order valence-corrected chi connectivity index (χ3v) is 3.18. The summed E-state index contributed by atoms with van der Waals surface area (Å²) < 4.78 is 21.4. The SMILES string of the molecule is COCCOCCCS(=O)CC(C)N. The van der Waals surface area contributed by atoms with Crippen molar-refractivity contribution in [1.82, 2.24) is 0 Å². The van der Waals surface area contributed by atoms with Gasteiger partial charge >= 0.3 is 0 Å². The van der Waals surface area contributed by atoms with E-state index in [4.69, 9.17) is 15.2 Å². The molecule has 0 aliphatic carbocycles. The van der Waals surface area contributed by atoms with Crippen LogP contribution in [0.5, 0.6) is 0 Å². The van der Waals surface area contributed by atoms with Crippen molar-refractivity contribution in [2.75, 3.05) is 38.4 Å². The van der Waals surface area contributed by atoms with Gasteiger partial charge in [0.05, 0.1) is 13.2 Å². The summed E-state index contributed by atoms with van der Waals surface area (Å²) in [5, 5.41) is 0. The van der Waals surface area contributed by atoms with Gasteiger partial charge in [0.25, 0.3) is 0 Å². The van der Waals surface area contributed by atoms with E-state index in [1.807, 2.05) is 6.92 Å². The molecule has 86 valence electrons. The molecule has 0 heterocycles. The molecule has 0 radical (unpaired) electrons. The molecule has 0 bridgehead atoms. The molecule has 0 fully saturated rings. The molecule has 0 saturated carbocycles. The largest absolute Gasteiger partial charge is 0.382 e. The average molecular weight is 223 g/mol. The Labute approximate surface area is 88.6 Å². The Hall–Kier alpha value is 0.0300. The van der Waals surface area contributed by atoms with Crippen molar-refractivity contribution in [3.63, 3.8) is 0 Å². The minimum Gasteiger partial charge on any atom is -0.382 e. The van der Waals surface area contributed by atoms with Crippen LogP contribution in [0.25, 0.3) is 0 Å². The second-order valence-electron chi connectivity index (χ2n) is 3.25. The normalized spacial score (nSPS) is 15.4. The van der Waals surface area contributed by atoms with Crippen LogP contribution in [0.3, 0.4) is 0 Å². The molecule has 5 heteroatoms. The van der Waals surface area contributed by atoms with Crippen LogP contribution in [0, 0.1) is 0 Å². The summed E-state index contributed by atoms with van der Waals surface area (Å²) in [7, 11) is 0.846. The van der Waals surface area contributed by atoms with Crippen molar-refractivity contribution in [1.29, 1.82) is 0 Å². The van der Waals surface area contributed by atoms with Gasteiger partial charge in [0.1, 0.15) is 0 Å². The van der Waals surface area contributed by atoms with Crippen molar-refractivity contribution in [2.24, 2.45) is 5.73 Å². The molecule has 0 aliphatic heterocycles. The molecule has 2 atom stereocenters. The molecular formula is C9H21NO3S. The maximum absolute atomic E-state index is 11.3. The number of methoxy groups -OCH3 is 1. The molecule has 0 saturated heterocycles. The minimum atomic E-state index is -0.794. The summed E-state index contributed by atoms with van der Waals surface area (Å²) in [6.07, 6.45) is 0.822. The molecule has 4 nitrogen and oxygen atoms in total. The van der Waals surface area contributed by atoms with Crippen LogP contribution in [-0.4, -0.2) is 48.7 Å². The van der Waals surface area contributed by atoms with E-state index in [1.165, 1.54) is 0 Å². The highest BCUT2D eigenvalue weighted by Gasteiger charge is 2.02. The highest BCUT2D eigenvalue weighted by Crippen LogP contribution is 1.91. The second kappa shape index (κ2) is 9.58. The van der Waals surface area contributed by atoms with Crippen LogP contribution in [0.2, 0.25) is 0 Å². The van der Waals surface area contributed by atoms with E-state index in [-0.39, 0.29) is 6.04 Å². The van der Waals surface area contributed by atoms with Gasteiger partial charge < -0.3 is 15.2 Å². The quantitative estimate of drug-likeness (QED) is 0.565. The fourth-order valence-corrected chi connectivity index (χ4v) is 2.14. The third kappa shape index (κ3) is 10.1. The van der Waals surface area contributed by atoms with Crippen molar-refractivity contribution in [2.45, 2.75) is 19.4 Å². The number of ether oxygens (including phenoxy) is 2. The maximum Gasteiger partial charge on any atom is 0.0700 e. The predicted octanol–water partition coefficient (Wildman–Crippen LogP) is 0.135. The molecule has 0 aromatic carbocycles. The van der Waals surface area contributed by atoms with Crippen LogP contribution in [-0.2, 0) is 20.3 Å². The molecule has 2 N–H and O–H groups in total. The van der Waals surface area contributed by atoms with Crippen LogP contribution in [0.1, 0.15) is 13.3 Å². The molecule has 0 amide bonds. The van der Waals surface area contributed by atoms with Gasteiger partial charge in [-0.25, -0.2) is 0 Å². The predicted molar refractivity (Wildman–Crippen MR) is 58.8 cm³/mol. The Kier molecular flexibility index (Phi) is 9.60. The van der Waals surface area contributed by atoms with Gasteiger partial charge in [-0.1, -0.05) is 0 Å². The molecule has 2 unspecified atom stereocenters. The lowest BCUT2D eigenvalue weighted by Gasteiger charge is -2.05. The highest BCUT2D eigenvalue weighted by atomic mass is 32.2. The first kappa shape index (κ1) is 14.0. The fourth-order valence-electron chi connectivity index (χ4n) is 0.943. The molecule has 14 heavy (non-hydrogen) atoms. The lowest BCUT2D eigenvalue weighted by molar-refractivity contribution is 0.0713. The van der Waals surface area contributed by atoms with Crippen LogP contribution in [0.4, 0.5) is 0 Å². The topological polar surface area (TPSA) is 61.5 Å². The van der Waals surface area contributed by atoms with E-state index in [0.29, 0.717) is 31.3 Å². The summed E-state index contributed by atoms with van der Waals surface area (Å²) in [6.45, 7) is 3.74. The van der Waals surface area contributed by atoms with Gasteiger partial charge in [-0.2, -0.15) is 0 Å². The summed E-state index contributed by atoms with van der Waals surface area (Å²) in [5.74, 6) is 1.26.